The fourth-order valence-corrected chi connectivity index (χ4v) is 7.64. The molecule has 9 nitrogen and oxygen atoms in total. The van der Waals surface area contributed by atoms with Gasteiger partial charge < -0.3 is 24.4 Å². The number of ether oxygens (including phenoxy) is 3. The van der Waals surface area contributed by atoms with Crippen LogP contribution in [-0.2, 0) is 28.6 Å². The van der Waals surface area contributed by atoms with E-state index in [2.05, 4.69) is 6.58 Å². The third-order valence-corrected chi connectivity index (χ3v) is 9.51. The van der Waals surface area contributed by atoms with Gasteiger partial charge in [-0.05, 0) is 45.2 Å². The first kappa shape index (κ1) is 29.7. The predicted molar refractivity (Wildman–Crippen MR) is 137 cm³/mol. The van der Waals surface area contributed by atoms with Crippen molar-refractivity contribution in [2.24, 2.45) is 16.7 Å². The Labute approximate surface area is 220 Å². The van der Waals surface area contributed by atoms with Crippen LogP contribution >= 0.6 is 0 Å². The van der Waals surface area contributed by atoms with Crippen molar-refractivity contribution in [2.75, 3.05) is 19.6 Å². The standard InChI is InChI=1S/C28H45NO8/c1-10-25(7)15-18(31)28(34)26(8)19(36-20(32)16-29(11-2)12-3)13-14-24(5,6)22(26)21(33)23(35-17(4)30)27(28,9)37-25/h10,19,21-23,33-34H,1,11-16H2,2-9H3/t19-,21-,22-,23-,25-,26-,27+,28-/m0/s1. The van der Waals surface area contributed by atoms with Crippen molar-refractivity contribution in [1.82, 2.24) is 4.90 Å². The zero-order valence-corrected chi connectivity index (χ0v) is 23.6. The lowest BCUT2D eigenvalue weighted by Crippen LogP contribution is -2.87. The zero-order chi connectivity index (χ0) is 28.2. The molecule has 3 rings (SSSR count). The van der Waals surface area contributed by atoms with E-state index < -0.39 is 69.6 Å². The van der Waals surface area contributed by atoms with Crippen LogP contribution in [0.4, 0.5) is 0 Å². The van der Waals surface area contributed by atoms with Crippen molar-refractivity contribution in [2.45, 2.75) is 110 Å². The van der Waals surface area contributed by atoms with Crippen LogP contribution in [0.5, 0.6) is 0 Å². The number of rotatable bonds is 7. The second-order valence-corrected chi connectivity index (χ2v) is 12.3. The van der Waals surface area contributed by atoms with E-state index in [1.165, 1.54) is 19.9 Å². The smallest absolute Gasteiger partial charge is 0.320 e. The summed E-state index contributed by atoms with van der Waals surface area (Å²) in [5, 5.41) is 24.6. The van der Waals surface area contributed by atoms with Crippen LogP contribution in [0, 0.1) is 16.7 Å². The van der Waals surface area contributed by atoms with Crippen LogP contribution in [0.1, 0.15) is 74.7 Å². The van der Waals surface area contributed by atoms with Crippen molar-refractivity contribution in [3.63, 3.8) is 0 Å². The van der Waals surface area contributed by atoms with Crippen LogP contribution in [-0.4, -0.2) is 87.6 Å². The van der Waals surface area contributed by atoms with Gasteiger partial charge in [-0.2, -0.15) is 0 Å². The van der Waals surface area contributed by atoms with E-state index in [1.54, 1.807) is 13.8 Å². The Bertz CT molecular complexity index is 946. The van der Waals surface area contributed by atoms with E-state index in [9.17, 15) is 24.6 Å². The molecule has 0 radical (unpaired) electrons. The van der Waals surface area contributed by atoms with E-state index in [1.807, 2.05) is 32.6 Å². The summed E-state index contributed by atoms with van der Waals surface area (Å²) in [5.41, 5.74) is -7.30. The molecular formula is C28H45NO8. The molecule has 210 valence electrons. The minimum atomic E-state index is -2.25. The topological polar surface area (TPSA) is 123 Å². The lowest BCUT2D eigenvalue weighted by atomic mass is 9.39. The molecule has 9 heteroatoms. The van der Waals surface area contributed by atoms with Crippen LogP contribution < -0.4 is 0 Å². The van der Waals surface area contributed by atoms with E-state index in [0.29, 0.717) is 25.9 Å². The summed E-state index contributed by atoms with van der Waals surface area (Å²) in [6, 6.07) is 0. The highest BCUT2D eigenvalue weighted by Gasteiger charge is 2.82. The minimum absolute atomic E-state index is 0.0704. The summed E-state index contributed by atoms with van der Waals surface area (Å²) < 4.78 is 18.1. The summed E-state index contributed by atoms with van der Waals surface area (Å²) in [7, 11) is 0. The molecule has 0 amide bonds. The Morgan fingerprint density at radius 1 is 1.16 bits per heavy atom. The first-order valence-electron chi connectivity index (χ1n) is 13.3. The number of esters is 2. The summed E-state index contributed by atoms with van der Waals surface area (Å²) in [5.74, 6) is -2.42. The van der Waals surface area contributed by atoms with Crippen molar-refractivity contribution in [3.8, 4) is 0 Å². The van der Waals surface area contributed by atoms with Gasteiger partial charge in [-0.15, -0.1) is 6.58 Å². The number of ketones is 1. The first-order valence-corrected chi connectivity index (χ1v) is 13.3. The summed E-state index contributed by atoms with van der Waals surface area (Å²) in [6.07, 6.45) is -1.28. The van der Waals surface area contributed by atoms with Crippen LogP contribution in [0.2, 0.25) is 0 Å². The molecule has 0 spiro atoms. The number of Topliss-reactive ketones (excluding diaryl/α,β-unsaturated/α-hetero) is 1. The lowest BCUT2D eigenvalue weighted by molar-refractivity contribution is -0.370. The second kappa shape index (κ2) is 9.74. The average Bonchev–Trinajstić information content (AvgIpc) is 2.79. The first-order chi connectivity index (χ1) is 17.0. The minimum Gasteiger partial charge on any atom is -0.461 e. The SMILES string of the molecule is C=C[C@@]1(C)CC(=O)[C@]2(O)[C@@]3(C)[C@@H](OC(=O)CN(CC)CC)CCC(C)(C)[C@@H]3[C@H](O)[C@H](OC(C)=O)[C@@]2(C)O1. The Hall–Kier alpha value is -1.81. The number of likely N-dealkylation sites (N-methyl/N-ethyl adjacent to an activating group) is 1. The van der Waals surface area contributed by atoms with Gasteiger partial charge in [-0.25, -0.2) is 0 Å². The van der Waals surface area contributed by atoms with E-state index in [-0.39, 0.29) is 13.0 Å². The summed E-state index contributed by atoms with van der Waals surface area (Å²) in [6.45, 7) is 19.1. The quantitative estimate of drug-likeness (QED) is 0.383. The van der Waals surface area contributed by atoms with Gasteiger partial charge in [-0.1, -0.05) is 40.7 Å². The molecule has 0 unspecified atom stereocenters. The second-order valence-electron chi connectivity index (χ2n) is 12.3. The van der Waals surface area contributed by atoms with Crippen molar-refractivity contribution in [3.05, 3.63) is 12.7 Å². The fourth-order valence-electron chi connectivity index (χ4n) is 7.64. The summed E-state index contributed by atoms with van der Waals surface area (Å²) in [4.78, 5) is 41.3. The van der Waals surface area contributed by atoms with E-state index in [0.717, 1.165) is 0 Å². The molecule has 1 heterocycles. The molecule has 8 atom stereocenters. The van der Waals surface area contributed by atoms with Gasteiger partial charge in [0.15, 0.2) is 17.5 Å². The van der Waals surface area contributed by atoms with Crippen LogP contribution in [0.3, 0.4) is 0 Å². The molecular weight excluding hydrogens is 478 g/mol. The highest BCUT2D eigenvalue weighted by molar-refractivity contribution is 5.92. The normalized spacial score (nSPS) is 42.9. The maximum absolute atomic E-state index is 14.1. The van der Waals surface area contributed by atoms with Gasteiger partial charge in [0.1, 0.15) is 11.7 Å². The largest absolute Gasteiger partial charge is 0.461 e. The Morgan fingerprint density at radius 3 is 2.27 bits per heavy atom. The molecule has 3 fully saturated rings. The fraction of sp³-hybridized carbons (Fsp3) is 0.821. The zero-order valence-electron chi connectivity index (χ0n) is 23.6. The number of aliphatic hydroxyl groups excluding tert-OH is 1. The number of nitrogens with zero attached hydrogens (tertiary/aromatic N) is 1. The molecule has 0 bridgehead atoms. The van der Waals surface area contributed by atoms with Gasteiger partial charge >= 0.3 is 11.9 Å². The summed E-state index contributed by atoms with van der Waals surface area (Å²) >= 11 is 0. The maximum Gasteiger partial charge on any atom is 0.320 e. The third kappa shape index (κ3) is 4.36. The monoisotopic (exact) mass is 523 g/mol. The van der Waals surface area contributed by atoms with Crippen molar-refractivity contribution < 1.29 is 38.8 Å². The highest BCUT2D eigenvalue weighted by atomic mass is 16.6. The average molecular weight is 524 g/mol. The molecule has 0 aromatic carbocycles. The molecule has 1 aliphatic heterocycles. The van der Waals surface area contributed by atoms with Crippen molar-refractivity contribution >= 4 is 17.7 Å². The number of carbonyl (C=O) groups is 3. The maximum atomic E-state index is 14.1. The lowest BCUT2D eigenvalue weighted by Gasteiger charge is -2.71. The Kier molecular flexibility index (Phi) is 7.83. The Morgan fingerprint density at radius 2 is 1.76 bits per heavy atom. The van der Waals surface area contributed by atoms with Gasteiger partial charge in [0.25, 0.3) is 0 Å². The predicted octanol–water partition coefficient (Wildman–Crippen LogP) is 2.41. The molecule has 0 aromatic rings. The van der Waals surface area contributed by atoms with Gasteiger partial charge in [0.2, 0.25) is 0 Å². The van der Waals surface area contributed by atoms with Gasteiger partial charge in [0, 0.05) is 24.7 Å². The molecule has 0 aromatic heterocycles. The number of hydrogen-bond donors (Lipinski definition) is 2. The van der Waals surface area contributed by atoms with Crippen LogP contribution in [0.15, 0.2) is 12.7 Å². The van der Waals surface area contributed by atoms with Crippen LogP contribution in [0.25, 0.3) is 0 Å². The van der Waals surface area contributed by atoms with Gasteiger partial charge in [0.05, 0.1) is 18.2 Å². The Balaban J connectivity index is 2.22. The number of carbonyl (C=O) groups excluding carboxylic acids is 3. The third-order valence-electron chi connectivity index (χ3n) is 9.51. The number of hydrogen-bond acceptors (Lipinski definition) is 9. The molecule has 3 aliphatic rings. The molecule has 2 N–H and O–H groups in total. The highest BCUT2D eigenvalue weighted by Crippen LogP contribution is 2.67. The molecule has 37 heavy (non-hydrogen) atoms. The van der Waals surface area contributed by atoms with E-state index >= 15 is 0 Å². The van der Waals surface area contributed by atoms with Gasteiger partial charge in [-0.3, -0.25) is 19.3 Å². The molecule has 2 aliphatic carbocycles. The molecule has 1 saturated heterocycles. The van der Waals surface area contributed by atoms with E-state index in [4.69, 9.17) is 14.2 Å². The number of fused-ring (bicyclic) bond motifs is 3. The van der Waals surface area contributed by atoms with Crippen molar-refractivity contribution in [1.29, 1.82) is 0 Å². The molecule has 2 saturated carbocycles. The number of aliphatic hydroxyl groups is 2.